The summed E-state index contributed by atoms with van der Waals surface area (Å²) in [4.78, 5) is 63.0. The highest BCUT2D eigenvalue weighted by Crippen LogP contribution is 2.03. The number of hydrogen-bond acceptors (Lipinski definition) is 14. The Morgan fingerprint density at radius 1 is 0.488 bits per heavy atom. The van der Waals surface area contributed by atoms with Gasteiger partial charge in [-0.3, -0.25) is 44.8 Å². The van der Waals surface area contributed by atoms with Gasteiger partial charge in [-0.15, -0.1) is 0 Å². The standard InChI is InChI=1S/C6H16N2O5.7C2H4O2/c7-8-1-3(10)5(12)6(13)4(11)2-9;7*1-2(3)4/h3-6,8-13H,1-2,7H2;7*1H3,(H,3,4)/t3-,4+,5+,6+;;;;;;;/m1......./s1. The lowest BCUT2D eigenvalue weighted by molar-refractivity contribution is -0.135. The van der Waals surface area contributed by atoms with Gasteiger partial charge in [0.2, 0.25) is 0 Å². The number of aliphatic hydroxyl groups is 5. The van der Waals surface area contributed by atoms with Crippen molar-refractivity contribution in [2.24, 2.45) is 5.84 Å². The molecule has 0 heterocycles. The molecule has 4 atom stereocenters. The molecule has 0 aliphatic heterocycles. The molecule has 248 valence electrons. The van der Waals surface area contributed by atoms with Crippen LogP contribution in [-0.4, -0.2) is 141 Å². The van der Waals surface area contributed by atoms with Crippen LogP contribution in [0.4, 0.5) is 0 Å². The van der Waals surface area contributed by atoms with Gasteiger partial charge in [0.1, 0.15) is 18.3 Å². The lowest BCUT2D eigenvalue weighted by atomic mass is 10.0. The molecule has 0 aromatic carbocycles. The molecule has 41 heavy (non-hydrogen) atoms. The fourth-order valence-electron chi connectivity index (χ4n) is 0.805. The van der Waals surface area contributed by atoms with Crippen molar-refractivity contribution in [2.75, 3.05) is 13.2 Å². The summed E-state index contributed by atoms with van der Waals surface area (Å²) in [5.74, 6) is -0.972. The van der Waals surface area contributed by atoms with Crippen LogP contribution in [0.5, 0.6) is 0 Å². The van der Waals surface area contributed by atoms with E-state index in [1.807, 2.05) is 0 Å². The average Bonchev–Trinajstić information content (AvgIpc) is 2.69. The number of hydrogen-bond donors (Lipinski definition) is 14. The smallest absolute Gasteiger partial charge is 0.300 e. The van der Waals surface area contributed by atoms with Gasteiger partial charge >= 0.3 is 0 Å². The molecule has 0 rings (SSSR count). The second-order valence-corrected chi connectivity index (χ2v) is 6.34. The van der Waals surface area contributed by atoms with Crippen LogP contribution >= 0.6 is 0 Å². The van der Waals surface area contributed by atoms with Crippen LogP contribution in [0, 0.1) is 0 Å². The van der Waals surface area contributed by atoms with Crippen LogP contribution in [-0.2, 0) is 33.6 Å². The van der Waals surface area contributed by atoms with Crippen molar-refractivity contribution in [3.8, 4) is 0 Å². The number of carbonyl (C=O) groups is 7. The summed E-state index contributed by atoms with van der Waals surface area (Å²) in [5.41, 5.74) is 2.09. The largest absolute Gasteiger partial charge is 0.481 e. The molecule has 21 heteroatoms. The van der Waals surface area contributed by atoms with E-state index in [4.69, 9.17) is 101 Å². The topological polar surface area (TPSA) is 400 Å². The molecule has 0 aromatic heterocycles. The van der Waals surface area contributed by atoms with Crippen molar-refractivity contribution >= 4 is 41.8 Å². The molecule has 0 aromatic rings. The Labute approximate surface area is 234 Å². The summed E-state index contributed by atoms with van der Waals surface area (Å²) < 4.78 is 0. The molecule has 0 saturated heterocycles. The van der Waals surface area contributed by atoms with Gasteiger partial charge in [0, 0.05) is 55.0 Å². The Morgan fingerprint density at radius 2 is 0.634 bits per heavy atom. The van der Waals surface area contributed by atoms with Crippen LogP contribution in [0.15, 0.2) is 0 Å². The van der Waals surface area contributed by atoms with E-state index in [0.717, 1.165) is 48.5 Å². The summed E-state index contributed by atoms with van der Waals surface area (Å²) in [5, 5.41) is 96.6. The number of hydrazine groups is 1. The molecule has 0 unspecified atom stereocenters. The predicted octanol–water partition coefficient (Wildman–Crippen LogP) is -3.48. The van der Waals surface area contributed by atoms with Gasteiger partial charge in [-0.2, -0.15) is 0 Å². The molecule has 0 fully saturated rings. The van der Waals surface area contributed by atoms with Crippen LogP contribution in [0.2, 0.25) is 0 Å². The molecule has 15 N–H and O–H groups in total. The molecule has 0 bridgehead atoms. The van der Waals surface area contributed by atoms with Gasteiger partial charge < -0.3 is 61.3 Å². The molecule has 0 aliphatic carbocycles. The molecule has 0 radical (unpaired) electrons. The molecule has 0 aliphatic rings. The third-order valence-electron chi connectivity index (χ3n) is 1.65. The van der Waals surface area contributed by atoms with E-state index in [2.05, 4.69) is 5.43 Å². The summed E-state index contributed by atoms with van der Waals surface area (Å²) in [7, 11) is 0. The number of nitrogens with two attached hydrogens (primary N) is 1. The minimum Gasteiger partial charge on any atom is -0.481 e. The second kappa shape index (κ2) is 43.1. The molecular weight excluding hydrogens is 572 g/mol. The first-order valence-electron chi connectivity index (χ1n) is 10.3. The van der Waals surface area contributed by atoms with E-state index >= 15 is 0 Å². The third-order valence-corrected chi connectivity index (χ3v) is 1.65. The minimum atomic E-state index is -1.60. The Kier molecular flexibility index (Phi) is 59.9. The first kappa shape index (κ1) is 57.0. The highest BCUT2D eigenvalue weighted by molar-refractivity contribution is 5.64. The average molecular weight is 617 g/mol. The van der Waals surface area contributed by atoms with Crippen LogP contribution < -0.4 is 11.3 Å². The van der Waals surface area contributed by atoms with Crippen molar-refractivity contribution in [3.63, 3.8) is 0 Å². The van der Waals surface area contributed by atoms with Crippen molar-refractivity contribution in [1.29, 1.82) is 0 Å². The molecule has 0 amide bonds. The zero-order valence-corrected chi connectivity index (χ0v) is 23.5. The van der Waals surface area contributed by atoms with E-state index in [1.54, 1.807) is 0 Å². The monoisotopic (exact) mass is 616 g/mol. The normalized spacial score (nSPS) is 10.9. The minimum absolute atomic E-state index is 0.129. The van der Waals surface area contributed by atoms with Gasteiger partial charge in [-0.05, 0) is 0 Å². The van der Waals surface area contributed by atoms with Gasteiger partial charge in [0.25, 0.3) is 41.8 Å². The number of carboxylic acids is 7. The Hall–Kier alpha value is -3.99. The summed E-state index contributed by atoms with van der Waals surface area (Å²) >= 11 is 0. The number of aliphatic carboxylic acids is 7. The van der Waals surface area contributed by atoms with Crippen molar-refractivity contribution < 1.29 is 94.8 Å². The van der Waals surface area contributed by atoms with E-state index < -0.39 is 72.8 Å². The Balaban J connectivity index is -0.0000000548. The molecule has 0 spiro atoms. The van der Waals surface area contributed by atoms with Gasteiger partial charge in [-0.25, -0.2) is 0 Å². The molecular formula is C20H44N2O19. The van der Waals surface area contributed by atoms with Crippen LogP contribution in [0.3, 0.4) is 0 Å². The van der Waals surface area contributed by atoms with Crippen LogP contribution in [0.25, 0.3) is 0 Å². The maximum atomic E-state index is 9.15. The zero-order chi connectivity index (χ0) is 35.5. The lowest BCUT2D eigenvalue weighted by Crippen LogP contribution is -2.49. The first-order valence-corrected chi connectivity index (χ1v) is 10.3. The lowest BCUT2D eigenvalue weighted by Gasteiger charge is -2.25. The number of carboxylic acid groups (broad SMARTS) is 7. The number of aliphatic hydroxyl groups excluding tert-OH is 5. The van der Waals surface area contributed by atoms with E-state index in [9.17, 15) is 0 Å². The summed E-state index contributed by atoms with van der Waals surface area (Å²) in [6, 6.07) is 0. The SMILES string of the molecule is CC(=O)O.CC(=O)O.CC(=O)O.CC(=O)O.CC(=O)O.CC(=O)O.CC(=O)O.NNC[C@@H](O)[C@H](O)[C@@H](O)[C@@H](O)CO. The van der Waals surface area contributed by atoms with Gasteiger partial charge in [0.05, 0.1) is 12.7 Å². The predicted molar refractivity (Wildman–Crippen MR) is 136 cm³/mol. The van der Waals surface area contributed by atoms with Crippen molar-refractivity contribution in [3.05, 3.63) is 0 Å². The zero-order valence-electron chi connectivity index (χ0n) is 23.5. The van der Waals surface area contributed by atoms with E-state index in [0.29, 0.717) is 0 Å². The maximum Gasteiger partial charge on any atom is 0.300 e. The molecule has 0 saturated carbocycles. The maximum absolute atomic E-state index is 9.15. The summed E-state index contributed by atoms with van der Waals surface area (Å²) in [6.45, 7) is 6.76. The van der Waals surface area contributed by atoms with Crippen molar-refractivity contribution in [2.45, 2.75) is 72.9 Å². The second-order valence-electron chi connectivity index (χ2n) is 6.34. The Bertz CT molecular complexity index is 542. The Morgan fingerprint density at radius 3 is 0.756 bits per heavy atom. The fourth-order valence-corrected chi connectivity index (χ4v) is 0.805. The number of rotatable bonds is 6. The highest BCUT2D eigenvalue weighted by Gasteiger charge is 2.29. The van der Waals surface area contributed by atoms with E-state index in [-0.39, 0.29) is 6.54 Å². The summed E-state index contributed by atoms with van der Waals surface area (Å²) in [6.07, 6.45) is -5.95. The van der Waals surface area contributed by atoms with Gasteiger partial charge in [0.15, 0.2) is 0 Å². The highest BCUT2D eigenvalue weighted by atomic mass is 16.4. The quantitative estimate of drug-likeness (QED) is 0.102. The number of nitrogens with one attached hydrogen (secondary N) is 1. The molecule has 21 nitrogen and oxygen atoms in total. The first-order chi connectivity index (χ1) is 18.2. The van der Waals surface area contributed by atoms with Crippen LogP contribution in [0.1, 0.15) is 48.5 Å². The van der Waals surface area contributed by atoms with Crippen molar-refractivity contribution in [1.82, 2.24) is 5.43 Å². The third kappa shape index (κ3) is 246. The van der Waals surface area contributed by atoms with Gasteiger partial charge in [-0.1, -0.05) is 0 Å². The van der Waals surface area contributed by atoms with E-state index in [1.165, 1.54) is 0 Å². The fraction of sp³-hybridized carbons (Fsp3) is 0.650.